The SMILES string of the molecule is CCOC(=O)C(CCO)(C(=O)OCC)c1cccc(Br)c1. The maximum Gasteiger partial charge on any atom is 0.328 e. The molecule has 0 aliphatic rings. The lowest BCUT2D eigenvalue weighted by Crippen LogP contribution is -2.47. The summed E-state index contributed by atoms with van der Waals surface area (Å²) >= 11 is 3.32. The van der Waals surface area contributed by atoms with Gasteiger partial charge in [0.25, 0.3) is 0 Å². The molecule has 1 rings (SSSR count). The number of aliphatic hydroxyl groups excluding tert-OH is 1. The molecule has 6 heteroatoms. The third-order valence-corrected chi connectivity index (χ3v) is 3.55. The van der Waals surface area contributed by atoms with Crippen molar-refractivity contribution in [1.29, 1.82) is 0 Å². The van der Waals surface area contributed by atoms with Crippen LogP contribution in [0.15, 0.2) is 28.7 Å². The molecule has 0 atom stereocenters. The van der Waals surface area contributed by atoms with Crippen molar-refractivity contribution < 1.29 is 24.2 Å². The quantitative estimate of drug-likeness (QED) is 0.597. The number of esters is 2. The number of rotatable bonds is 7. The van der Waals surface area contributed by atoms with Gasteiger partial charge in [0.2, 0.25) is 0 Å². The molecule has 0 bridgehead atoms. The van der Waals surface area contributed by atoms with Crippen LogP contribution in [0.4, 0.5) is 0 Å². The molecule has 0 radical (unpaired) electrons. The summed E-state index contributed by atoms with van der Waals surface area (Å²) < 4.78 is 10.8. The average Bonchev–Trinajstić information content (AvgIpc) is 2.45. The summed E-state index contributed by atoms with van der Waals surface area (Å²) in [6, 6.07) is 6.80. The molecule has 21 heavy (non-hydrogen) atoms. The summed E-state index contributed by atoms with van der Waals surface area (Å²) in [7, 11) is 0. The summed E-state index contributed by atoms with van der Waals surface area (Å²) in [5, 5.41) is 9.34. The first-order valence-electron chi connectivity index (χ1n) is 6.74. The van der Waals surface area contributed by atoms with Crippen LogP contribution < -0.4 is 0 Å². The molecule has 1 N–H and O–H groups in total. The number of ether oxygens (including phenoxy) is 2. The van der Waals surface area contributed by atoms with Crippen LogP contribution in [-0.2, 0) is 24.5 Å². The van der Waals surface area contributed by atoms with E-state index in [2.05, 4.69) is 15.9 Å². The highest BCUT2D eigenvalue weighted by atomic mass is 79.9. The van der Waals surface area contributed by atoms with Gasteiger partial charge in [0.15, 0.2) is 5.41 Å². The molecule has 0 saturated carbocycles. The van der Waals surface area contributed by atoms with E-state index in [9.17, 15) is 14.7 Å². The molecule has 0 amide bonds. The molecule has 0 heterocycles. The Labute approximate surface area is 132 Å². The van der Waals surface area contributed by atoms with E-state index in [1.54, 1.807) is 38.1 Å². The Morgan fingerprint density at radius 1 is 1.19 bits per heavy atom. The Balaban J connectivity index is 3.42. The molecular weight excluding hydrogens is 340 g/mol. The topological polar surface area (TPSA) is 72.8 Å². The number of carbonyl (C=O) groups excluding carboxylic acids is 2. The van der Waals surface area contributed by atoms with Crippen molar-refractivity contribution >= 4 is 27.9 Å². The Hall–Kier alpha value is -1.40. The molecule has 116 valence electrons. The number of benzene rings is 1. The van der Waals surface area contributed by atoms with Gasteiger partial charge in [-0.25, -0.2) is 0 Å². The van der Waals surface area contributed by atoms with E-state index in [4.69, 9.17) is 9.47 Å². The van der Waals surface area contributed by atoms with Crippen LogP contribution in [0.1, 0.15) is 25.8 Å². The van der Waals surface area contributed by atoms with E-state index < -0.39 is 17.4 Å². The highest BCUT2D eigenvalue weighted by Crippen LogP contribution is 2.33. The minimum atomic E-state index is -1.65. The van der Waals surface area contributed by atoms with Crippen molar-refractivity contribution in [1.82, 2.24) is 0 Å². The minimum Gasteiger partial charge on any atom is -0.465 e. The Morgan fingerprint density at radius 3 is 2.19 bits per heavy atom. The molecule has 0 saturated heterocycles. The maximum atomic E-state index is 12.4. The second kappa shape index (κ2) is 8.14. The minimum absolute atomic E-state index is 0.0961. The van der Waals surface area contributed by atoms with Crippen LogP contribution in [0.2, 0.25) is 0 Å². The first-order chi connectivity index (χ1) is 10.0. The van der Waals surface area contributed by atoms with Crippen molar-refractivity contribution in [3.8, 4) is 0 Å². The number of aliphatic hydroxyl groups is 1. The Bertz CT molecular complexity index is 483. The molecular formula is C15H19BrO5. The Morgan fingerprint density at radius 2 is 1.76 bits per heavy atom. The summed E-state index contributed by atoms with van der Waals surface area (Å²) in [5.41, 5.74) is -1.22. The lowest BCUT2D eigenvalue weighted by atomic mass is 9.77. The standard InChI is InChI=1S/C15H19BrO5/c1-3-20-13(18)15(8-9-17,14(19)21-4-2)11-6-5-7-12(16)10-11/h5-7,10,17H,3-4,8-9H2,1-2H3. The molecule has 5 nitrogen and oxygen atoms in total. The van der Waals surface area contributed by atoms with Gasteiger partial charge in [0, 0.05) is 17.5 Å². The third-order valence-electron chi connectivity index (χ3n) is 3.05. The fraction of sp³-hybridized carbons (Fsp3) is 0.467. The zero-order valence-corrected chi connectivity index (χ0v) is 13.7. The van der Waals surface area contributed by atoms with Gasteiger partial charge in [-0.05, 0) is 31.5 Å². The number of carbonyl (C=O) groups is 2. The lowest BCUT2D eigenvalue weighted by Gasteiger charge is -2.29. The van der Waals surface area contributed by atoms with Crippen LogP contribution in [-0.4, -0.2) is 36.9 Å². The van der Waals surface area contributed by atoms with Crippen LogP contribution >= 0.6 is 15.9 Å². The lowest BCUT2D eigenvalue weighted by molar-refractivity contribution is -0.165. The van der Waals surface area contributed by atoms with E-state index >= 15 is 0 Å². The predicted molar refractivity (Wildman–Crippen MR) is 80.8 cm³/mol. The van der Waals surface area contributed by atoms with E-state index in [0.29, 0.717) is 5.56 Å². The normalized spacial score (nSPS) is 11.0. The van der Waals surface area contributed by atoms with Crippen LogP contribution in [0, 0.1) is 0 Å². The monoisotopic (exact) mass is 358 g/mol. The zero-order chi connectivity index (χ0) is 15.9. The fourth-order valence-electron chi connectivity index (χ4n) is 2.10. The first kappa shape index (κ1) is 17.7. The molecule has 0 unspecified atom stereocenters. The van der Waals surface area contributed by atoms with Crippen molar-refractivity contribution in [2.45, 2.75) is 25.7 Å². The van der Waals surface area contributed by atoms with Gasteiger partial charge < -0.3 is 14.6 Å². The molecule has 0 aliphatic carbocycles. The molecule has 0 aliphatic heterocycles. The van der Waals surface area contributed by atoms with Gasteiger partial charge in [0.05, 0.1) is 13.2 Å². The van der Waals surface area contributed by atoms with Crippen molar-refractivity contribution in [3.63, 3.8) is 0 Å². The number of hydrogen-bond acceptors (Lipinski definition) is 5. The van der Waals surface area contributed by atoms with Gasteiger partial charge in [-0.1, -0.05) is 28.1 Å². The average molecular weight is 359 g/mol. The highest BCUT2D eigenvalue weighted by molar-refractivity contribution is 9.10. The highest BCUT2D eigenvalue weighted by Gasteiger charge is 2.50. The number of hydrogen-bond donors (Lipinski definition) is 1. The summed E-state index contributed by atoms with van der Waals surface area (Å²) in [6.45, 7) is 3.25. The van der Waals surface area contributed by atoms with Gasteiger partial charge in [0.1, 0.15) is 0 Å². The molecule has 1 aromatic carbocycles. The maximum absolute atomic E-state index is 12.4. The predicted octanol–water partition coefficient (Wildman–Crippen LogP) is 2.20. The van der Waals surface area contributed by atoms with Gasteiger partial charge in [-0.3, -0.25) is 9.59 Å². The van der Waals surface area contributed by atoms with Crippen molar-refractivity contribution in [2.75, 3.05) is 19.8 Å². The van der Waals surface area contributed by atoms with E-state index in [0.717, 1.165) is 4.47 Å². The van der Waals surface area contributed by atoms with Crippen LogP contribution in [0.3, 0.4) is 0 Å². The third kappa shape index (κ3) is 3.83. The van der Waals surface area contributed by atoms with Crippen LogP contribution in [0.25, 0.3) is 0 Å². The van der Waals surface area contributed by atoms with Crippen molar-refractivity contribution in [3.05, 3.63) is 34.3 Å². The first-order valence-corrected chi connectivity index (χ1v) is 7.53. The van der Waals surface area contributed by atoms with Gasteiger partial charge in [-0.15, -0.1) is 0 Å². The second-order valence-electron chi connectivity index (χ2n) is 4.33. The van der Waals surface area contributed by atoms with Gasteiger partial charge >= 0.3 is 11.9 Å². The van der Waals surface area contributed by atoms with Crippen LogP contribution in [0.5, 0.6) is 0 Å². The molecule has 0 fully saturated rings. The fourth-order valence-corrected chi connectivity index (χ4v) is 2.50. The molecule has 0 aromatic heterocycles. The van der Waals surface area contributed by atoms with E-state index in [-0.39, 0.29) is 26.2 Å². The van der Waals surface area contributed by atoms with Crippen molar-refractivity contribution in [2.24, 2.45) is 0 Å². The van der Waals surface area contributed by atoms with E-state index in [1.807, 2.05) is 0 Å². The Kier molecular flexibility index (Phi) is 6.84. The van der Waals surface area contributed by atoms with Gasteiger partial charge in [-0.2, -0.15) is 0 Å². The van der Waals surface area contributed by atoms with E-state index in [1.165, 1.54) is 0 Å². The summed E-state index contributed by atoms with van der Waals surface area (Å²) in [6.07, 6.45) is -0.0961. The zero-order valence-electron chi connectivity index (χ0n) is 12.1. The summed E-state index contributed by atoms with van der Waals surface area (Å²) in [4.78, 5) is 24.9. The largest absolute Gasteiger partial charge is 0.465 e. The smallest absolute Gasteiger partial charge is 0.328 e. The summed E-state index contributed by atoms with van der Waals surface area (Å²) in [5.74, 6) is -1.42. The number of halogens is 1. The second-order valence-corrected chi connectivity index (χ2v) is 5.25. The molecule has 0 spiro atoms. The molecule has 1 aromatic rings.